The quantitative estimate of drug-likeness (QED) is 0.221. The van der Waals surface area contributed by atoms with Crippen molar-refractivity contribution in [1.29, 1.82) is 0 Å². The van der Waals surface area contributed by atoms with E-state index in [9.17, 15) is 9.90 Å². The van der Waals surface area contributed by atoms with E-state index in [0.717, 1.165) is 95.5 Å². The second-order valence-corrected chi connectivity index (χ2v) is 13.9. The average Bonchev–Trinajstić information content (AvgIpc) is 2.99. The van der Waals surface area contributed by atoms with Crippen molar-refractivity contribution in [2.45, 2.75) is 85.9 Å². The first kappa shape index (κ1) is 33.6. The Labute approximate surface area is 278 Å². The minimum Gasteiger partial charge on any atom is -0.493 e. The molecule has 1 aromatic heterocycles. The molecule has 0 aliphatic carbocycles. The molecule has 6 nitrogen and oxygen atoms in total. The van der Waals surface area contributed by atoms with Crippen molar-refractivity contribution in [3.63, 3.8) is 0 Å². The number of hydrogen-bond donors (Lipinski definition) is 2. The number of ether oxygens (including phenoxy) is 1. The number of carboxylic acids is 1. The van der Waals surface area contributed by atoms with E-state index in [4.69, 9.17) is 26.4 Å². The van der Waals surface area contributed by atoms with Crippen LogP contribution in [-0.4, -0.2) is 44.8 Å². The summed E-state index contributed by atoms with van der Waals surface area (Å²) in [5.41, 5.74) is 12.3. The topological polar surface area (TPSA) is 82.9 Å². The fourth-order valence-corrected chi connectivity index (χ4v) is 6.72. The van der Waals surface area contributed by atoms with Crippen LogP contribution in [0.5, 0.6) is 5.75 Å². The molecule has 242 valence electrons. The summed E-state index contributed by atoms with van der Waals surface area (Å²) >= 11 is 6.54. The van der Waals surface area contributed by atoms with Gasteiger partial charge in [-0.3, -0.25) is 14.7 Å². The molecule has 2 aliphatic rings. The Balaban J connectivity index is 0.000000775. The molecular formula is C39H45ClN2O4. The third kappa shape index (κ3) is 7.98. The number of aliphatic carboxylic acids is 1. The van der Waals surface area contributed by atoms with Gasteiger partial charge in [0.05, 0.1) is 18.6 Å². The van der Waals surface area contributed by atoms with Crippen molar-refractivity contribution >= 4 is 17.6 Å². The number of halogens is 1. The molecule has 46 heavy (non-hydrogen) atoms. The smallest absolute Gasteiger partial charge is 0.307 e. The second kappa shape index (κ2) is 14.0. The molecule has 2 aliphatic heterocycles. The van der Waals surface area contributed by atoms with Crippen LogP contribution in [-0.2, 0) is 37.1 Å². The molecule has 6 rings (SSSR count). The summed E-state index contributed by atoms with van der Waals surface area (Å²) in [6.45, 7) is 14.7. The van der Waals surface area contributed by atoms with E-state index in [1.165, 1.54) is 27.8 Å². The summed E-state index contributed by atoms with van der Waals surface area (Å²) in [7, 11) is 0. The molecule has 0 bridgehead atoms. The Morgan fingerprint density at radius 3 is 2.33 bits per heavy atom. The maximum Gasteiger partial charge on any atom is 0.307 e. The first-order valence-electron chi connectivity index (χ1n) is 16.1. The van der Waals surface area contributed by atoms with Gasteiger partial charge in [-0.1, -0.05) is 48.0 Å². The van der Waals surface area contributed by atoms with Crippen LogP contribution >= 0.6 is 11.6 Å². The maximum atomic E-state index is 12.0. The van der Waals surface area contributed by atoms with E-state index < -0.39 is 11.6 Å². The molecule has 0 spiro atoms. The number of nitrogens with zero attached hydrogens (tertiary/aromatic N) is 2. The molecule has 7 heteroatoms. The van der Waals surface area contributed by atoms with Crippen molar-refractivity contribution < 1.29 is 19.7 Å². The van der Waals surface area contributed by atoms with E-state index in [2.05, 4.69) is 48.2 Å². The fraction of sp³-hybridized carbons (Fsp3) is 0.385. The summed E-state index contributed by atoms with van der Waals surface area (Å²) in [4.78, 5) is 19.3. The molecule has 3 heterocycles. The van der Waals surface area contributed by atoms with Crippen molar-refractivity contribution in [2.75, 3.05) is 13.2 Å². The minimum absolute atomic E-state index is 0.0730. The van der Waals surface area contributed by atoms with Crippen LogP contribution < -0.4 is 4.74 Å². The van der Waals surface area contributed by atoms with Crippen molar-refractivity contribution in [1.82, 2.24) is 9.88 Å². The summed E-state index contributed by atoms with van der Waals surface area (Å²) in [5, 5.41) is 19.2. The van der Waals surface area contributed by atoms with Crippen molar-refractivity contribution in [3.8, 4) is 28.0 Å². The first-order chi connectivity index (χ1) is 21.8. The Kier molecular flexibility index (Phi) is 10.2. The zero-order valence-corrected chi connectivity index (χ0v) is 28.6. The van der Waals surface area contributed by atoms with Crippen molar-refractivity contribution in [3.05, 3.63) is 104 Å². The van der Waals surface area contributed by atoms with Gasteiger partial charge in [0.1, 0.15) is 5.75 Å². The lowest BCUT2D eigenvalue weighted by Crippen LogP contribution is -2.30. The number of carboxylic acid groups (broad SMARTS) is 1. The van der Waals surface area contributed by atoms with Crippen LogP contribution in [0, 0.1) is 20.8 Å². The molecule has 0 fully saturated rings. The largest absolute Gasteiger partial charge is 0.493 e. The van der Waals surface area contributed by atoms with E-state index in [1.807, 2.05) is 32.0 Å². The van der Waals surface area contributed by atoms with Gasteiger partial charge in [0.25, 0.3) is 0 Å². The summed E-state index contributed by atoms with van der Waals surface area (Å²) in [6.07, 6.45) is 2.81. The number of pyridine rings is 1. The number of carbonyl (C=O) groups is 1. The number of aromatic nitrogens is 1. The highest BCUT2D eigenvalue weighted by Gasteiger charge is 2.24. The number of aliphatic hydroxyl groups is 1. The van der Waals surface area contributed by atoms with Gasteiger partial charge in [0, 0.05) is 41.6 Å². The van der Waals surface area contributed by atoms with Gasteiger partial charge in [0.15, 0.2) is 0 Å². The standard InChI is InChI=1S/C35H35ClN2O3.C4H10O/c1-21-6-4-8-31(36)30(21)20-38-14-13-24-16-26(9-10-28(24)19-38)34-23(3)37-22(2)29(18-33(39)40)35(34)27-11-12-32-25(17-27)7-5-15-41-32;1-4(2,3)5/h4,6,8-12,16-17H,5,7,13-15,18-20H2,1-3H3,(H,39,40);5H,1-3H3. The van der Waals surface area contributed by atoms with E-state index >= 15 is 0 Å². The average molecular weight is 641 g/mol. The molecule has 4 aromatic rings. The van der Waals surface area contributed by atoms with Crippen LogP contribution in [0.25, 0.3) is 22.3 Å². The molecule has 0 unspecified atom stereocenters. The van der Waals surface area contributed by atoms with Crippen LogP contribution in [0.4, 0.5) is 0 Å². The molecule has 2 N–H and O–H groups in total. The van der Waals surface area contributed by atoms with Crippen LogP contribution in [0.3, 0.4) is 0 Å². The van der Waals surface area contributed by atoms with Crippen LogP contribution in [0.1, 0.15) is 72.0 Å². The number of hydrogen-bond acceptors (Lipinski definition) is 5. The number of fused-ring (bicyclic) bond motifs is 2. The molecule has 0 amide bonds. The third-order valence-corrected chi connectivity index (χ3v) is 8.89. The Morgan fingerprint density at radius 1 is 0.913 bits per heavy atom. The van der Waals surface area contributed by atoms with Gasteiger partial charge in [0.2, 0.25) is 0 Å². The van der Waals surface area contributed by atoms with Gasteiger partial charge < -0.3 is 14.9 Å². The van der Waals surface area contributed by atoms with Crippen LogP contribution in [0.2, 0.25) is 5.02 Å². The van der Waals surface area contributed by atoms with Gasteiger partial charge in [-0.15, -0.1) is 0 Å². The zero-order valence-electron chi connectivity index (χ0n) is 27.8. The highest BCUT2D eigenvalue weighted by Crippen LogP contribution is 2.41. The van der Waals surface area contributed by atoms with Gasteiger partial charge in [-0.25, -0.2) is 0 Å². The van der Waals surface area contributed by atoms with Gasteiger partial charge in [-0.2, -0.15) is 0 Å². The van der Waals surface area contributed by atoms with Gasteiger partial charge >= 0.3 is 5.97 Å². The number of rotatable bonds is 6. The number of benzene rings is 3. The Bertz CT molecular complexity index is 1730. The SMILES string of the molecule is CC(C)(C)O.Cc1cccc(Cl)c1CN1CCc2cc(-c3c(C)nc(C)c(CC(=O)O)c3-c3ccc4c(c3)CCCO4)ccc2C1. The molecular weight excluding hydrogens is 596 g/mol. The summed E-state index contributed by atoms with van der Waals surface area (Å²) in [5.74, 6) is 0.0701. The van der Waals surface area contributed by atoms with E-state index in [-0.39, 0.29) is 6.42 Å². The molecule has 0 atom stereocenters. The molecule has 0 saturated heterocycles. The first-order valence-corrected chi connectivity index (χ1v) is 16.4. The van der Waals surface area contributed by atoms with E-state index in [1.54, 1.807) is 20.8 Å². The summed E-state index contributed by atoms with van der Waals surface area (Å²) < 4.78 is 5.88. The normalized spacial score (nSPS) is 14.4. The molecule has 3 aromatic carbocycles. The predicted octanol–water partition coefficient (Wildman–Crippen LogP) is 8.28. The lowest BCUT2D eigenvalue weighted by Gasteiger charge is -2.30. The monoisotopic (exact) mass is 640 g/mol. The maximum absolute atomic E-state index is 12.0. The Hall–Kier alpha value is -3.71. The lowest BCUT2D eigenvalue weighted by molar-refractivity contribution is -0.136. The van der Waals surface area contributed by atoms with Crippen LogP contribution in [0.15, 0.2) is 54.6 Å². The zero-order chi connectivity index (χ0) is 33.2. The molecule has 0 saturated carbocycles. The van der Waals surface area contributed by atoms with Gasteiger partial charge in [-0.05, 0) is 129 Å². The highest BCUT2D eigenvalue weighted by atomic mass is 35.5. The number of aryl methyl sites for hydroxylation is 4. The highest BCUT2D eigenvalue weighted by molar-refractivity contribution is 6.31. The third-order valence-electron chi connectivity index (χ3n) is 8.53. The summed E-state index contributed by atoms with van der Waals surface area (Å²) in [6, 6.07) is 19.1. The molecule has 0 radical (unpaired) electrons. The van der Waals surface area contributed by atoms with Crippen molar-refractivity contribution in [2.24, 2.45) is 0 Å². The Morgan fingerprint density at radius 2 is 1.61 bits per heavy atom. The second-order valence-electron chi connectivity index (χ2n) is 13.5. The minimum atomic E-state index is -0.855. The van der Waals surface area contributed by atoms with E-state index in [0.29, 0.717) is 0 Å². The lowest BCUT2D eigenvalue weighted by atomic mass is 9.85. The predicted molar refractivity (Wildman–Crippen MR) is 186 cm³/mol. The fourth-order valence-electron chi connectivity index (χ4n) is 6.44.